The number of ether oxygens (including phenoxy) is 2. The molecule has 0 saturated heterocycles. The van der Waals surface area contributed by atoms with E-state index < -0.39 is 5.91 Å². The third kappa shape index (κ3) is 8.17. The third-order valence-electron chi connectivity index (χ3n) is 2.92. The van der Waals surface area contributed by atoms with Crippen LogP contribution in [-0.2, 0) is 9.59 Å². The van der Waals surface area contributed by atoms with Crippen LogP contribution in [0, 0.1) is 5.92 Å². The molecule has 0 atom stereocenters. The van der Waals surface area contributed by atoms with Gasteiger partial charge in [0.2, 0.25) is 5.91 Å². The number of methoxy groups -OCH3 is 1. The first kappa shape index (κ1) is 19.5. The third-order valence-corrected chi connectivity index (χ3v) is 2.92. The molecule has 0 aliphatic carbocycles. The van der Waals surface area contributed by atoms with E-state index >= 15 is 0 Å². The summed E-state index contributed by atoms with van der Waals surface area (Å²) >= 11 is 0. The molecule has 2 amide bonds. The molecule has 7 nitrogen and oxygen atoms in total. The van der Waals surface area contributed by atoms with E-state index in [-0.39, 0.29) is 18.9 Å². The molecular formula is C17H25N3O4. The average molecular weight is 335 g/mol. The van der Waals surface area contributed by atoms with Crippen LogP contribution in [0.4, 0.5) is 0 Å². The molecule has 0 radical (unpaired) electrons. The minimum Gasteiger partial charge on any atom is -0.497 e. The van der Waals surface area contributed by atoms with Crippen LogP contribution in [0.2, 0.25) is 0 Å². The second-order valence-electron chi connectivity index (χ2n) is 5.72. The fourth-order valence-electron chi connectivity index (χ4n) is 1.66. The number of rotatable bonds is 9. The maximum Gasteiger partial charge on any atom is 0.277 e. The van der Waals surface area contributed by atoms with Gasteiger partial charge in [-0.15, -0.1) is 0 Å². The second kappa shape index (κ2) is 10.3. The summed E-state index contributed by atoms with van der Waals surface area (Å²) < 4.78 is 10.4. The van der Waals surface area contributed by atoms with Crippen LogP contribution < -0.4 is 20.2 Å². The van der Waals surface area contributed by atoms with E-state index in [1.54, 1.807) is 38.3 Å². The van der Waals surface area contributed by atoms with E-state index in [1.165, 1.54) is 0 Å². The molecule has 0 unspecified atom stereocenters. The Morgan fingerprint density at radius 2 is 1.75 bits per heavy atom. The van der Waals surface area contributed by atoms with Gasteiger partial charge in [0.05, 0.1) is 13.5 Å². The molecule has 0 aliphatic rings. The smallest absolute Gasteiger partial charge is 0.277 e. The number of carbonyl (C=O) groups is 2. The van der Waals surface area contributed by atoms with Gasteiger partial charge in [0, 0.05) is 12.3 Å². The lowest BCUT2D eigenvalue weighted by Crippen LogP contribution is -2.30. The van der Waals surface area contributed by atoms with Gasteiger partial charge in [-0.3, -0.25) is 9.59 Å². The Labute approximate surface area is 142 Å². The van der Waals surface area contributed by atoms with Gasteiger partial charge in [-0.2, -0.15) is 5.10 Å². The highest BCUT2D eigenvalue weighted by Crippen LogP contribution is 2.16. The number of hydrazone groups is 1. The number of nitrogens with one attached hydrogen (secondary N) is 2. The van der Waals surface area contributed by atoms with E-state index in [0.29, 0.717) is 29.7 Å². The topological polar surface area (TPSA) is 89.0 Å². The van der Waals surface area contributed by atoms with Crippen LogP contribution in [0.15, 0.2) is 29.4 Å². The Balaban J connectivity index is 2.31. The van der Waals surface area contributed by atoms with Crippen LogP contribution in [-0.4, -0.2) is 37.8 Å². The van der Waals surface area contributed by atoms with E-state index in [4.69, 9.17) is 9.47 Å². The van der Waals surface area contributed by atoms with E-state index in [9.17, 15) is 9.59 Å². The number of benzene rings is 1. The first-order chi connectivity index (χ1) is 11.4. The average Bonchev–Trinajstić information content (AvgIpc) is 2.56. The van der Waals surface area contributed by atoms with Crippen molar-refractivity contribution < 1.29 is 19.1 Å². The molecule has 1 aromatic rings. The van der Waals surface area contributed by atoms with Crippen molar-refractivity contribution >= 4 is 17.5 Å². The summed E-state index contributed by atoms with van der Waals surface area (Å²) in [5.41, 5.74) is 2.89. The van der Waals surface area contributed by atoms with Crippen molar-refractivity contribution in [1.29, 1.82) is 0 Å². The Bertz CT molecular complexity index is 568. The van der Waals surface area contributed by atoms with Crippen LogP contribution >= 0.6 is 0 Å². The summed E-state index contributed by atoms with van der Waals surface area (Å²) in [5, 5.41) is 6.68. The molecule has 0 aromatic heterocycles. The molecule has 0 bridgehead atoms. The molecule has 7 heteroatoms. The Morgan fingerprint density at radius 1 is 1.12 bits per heavy atom. The van der Waals surface area contributed by atoms with E-state index in [1.807, 2.05) is 13.8 Å². The highest BCUT2D eigenvalue weighted by atomic mass is 16.5. The van der Waals surface area contributed by atoms with Gasteiger partial charge in [0.15, 0.2) is 6.61 Å². The van der Waals surface area contributed by atoms with E-state index in [0.717, 1.165) is 0 Å². The predicted molar refractivity (Wildman–Crippen MR) is 92.2 cm³/mol. The Morgan fingerprint density at radius 3 is 2.33 bits per heavy atom. The maximum atomic E-state index is 11.7. The number of nitrogens with zero attached hydrogens (tertiary/aromatic N) is 1. The number of hydrogen-bond donors (Lipinski definition) is 2. The van der Waals surface area contributed by atoms with Gasteiger partial charge < -0.3 is 14.8 Å². The summed E-state index contributed by atoms with van der Waals surface area (Å²) in [6, 6.07) is 6.90. The van der Waals surface area contributed by atoms with E-state index in [2.05, 4.69) is 15.8 Å². The van der Waals surface area contributed by atoms with Crippen molar-refractivity contribution in [3.8, 4) is 11.5 Å². The highest BCUT2D eigenvalue weighted by Gasteiger charge is 2.06. The zero-order valence-electron chi connectivity index (χ0n) is 14.6. The summed E-state index contributed by atoms with van der Waals surface area (Å²) in [6.45, 7) is 6.17. The SMILES string of the molecule is COc1ccc(OCC(=O)N/N=C(/C)CC(=O)NCC(C)C)cc1. The Hall–Kier alpha value is -2.57. The Kier molecular flexibility index (Phi) is 8.32. The van der Waals surface area contributed by atoms with Gasteiger partial charge in [-0.1, -0.05) is 13.8 Å². The molecule has 0 spiro atoms. The van der Waals surface area contributed by atoms with Gasteiger partial charge in [0.1, 0.15) is 11.5 Å². The van der Waals surface area contributed by atoms with Crippen LogP contribution in [0.3, 0.4) is 0 Å². The summed E-state index contributed by atoms with van der Waals surface area (Å²) in [7, 11) is 1.58. The molecular weight excluding hydrogens is 310 g/mol. The minimum atomic E-state index is -0.396. The zero-order chi connectivity index (χ0) is 17.9. The normalized spacial score (nSPS) is 11.1. The lowest BCUT2D eigenvalue weighted by Gasteiger charge is -2.08. The number of carbonyl (C=O) groups excluding carboxylic acids is 2. The van der Waals surface area contributed by atoms with Gasteiger partial charge in [0.25, 0.3) is 5.91 Å². The van der Waals surface area contributed by atoms with Crippen LogP contribution in [0.1, 0.15) is 27.2 Å². The number of amides is 2. The van der Waals surface area contributed by atoms with Gasteiger partial charge in [-0.05, 0) is 37.1 Å². The first-order valence-corrected chi connectivity index (χ1v) is 7.76. The molecule has 1 rings (SSSR count). The summed E-state index contributed by atoms with van der Waals surface area (Å²) in [6.07, 6.45) is 0.145. The van der Waals surface area contributed by atoms with Crippen LogP contribution in [0.5, 0.6) is 11.5 Å². The summed E-state index contributed by atoms with van der Waals surface area (Å²) in [4.78, 5) is 23.3. The monoisotopic (exact) mass is 335 g/mol. The van der Waals surface area contributed by atoms with Gasteiger partial charge >= 0.3 is 0 Å². The second-order valence-corrected chi connectivity index (χ2v) is 5.72. The molecule has 2 N–H and O–H groups in total. The largest absolute Gasteiger partial charge is 0.497 e. The lowest BCUT2D eigenvalue weighted by molar-refractivity contribution is -0.123. The van der Waals surface area contributed by atoms with Crippen molar-refractivity contribution in [3.05, 3.63) is 24.3 Å². The molecule has 1 aromatic carbocycles. The lowest BCUT2D eigenvalue weighted by atomic mass is 10.2. The quantitative estimate of drug-likeness (QED) is 0.531. The fourth-order valence-corrected chi connectivity index (χ4v) is 1.66. The fraction of sp³-hybridized carbons (Fsp3) is 0.471. The summed E-state index contributed by atoms with van der Waals surface area (Å²) in [5.74, 6) is 1.14. The standard InChI is InChI=1S/C17H25N3O4/c1-12(2)10-18-16(21)9-13(3)19-20-17(22)11-24-15-7-5-14(23-4)6-8-15/h5-8,12H,9-11H2,1-4H3,(H,18,21)(H,20,22)/b19-13-. The van der Waals surface area contributed by atoms with Crippen molar-refractivity contribution in [3.63, 3.8) is 0 Å². The van der Waals surface area contributed by atoms with Crippen molar-refractivity contribution in [2.45, 2.75) is 27.2 Å². The number of hydrogen-bond acceptors (Lipinski definition) is 5. The molecule has 132 valence electrons. The molecule has 0 fully saturated rings. The van der Waals surface area contributed by atoms with Crippen molar-refractivity contribution in [1.82, 2.24) is 10.7 Å². The van der Waals surface area contributed by atoms with Crippen molar-refractivity contribution in [2.24, 2.45) is 11.0 Å². The van der Waals surface area contributed by atoms with Gasteiger partial charge in [-0.25, -0.2) is 5.43 Å². The van der Waals surface area contributed by atoms with Crippen LogP contribution in [0.25, 0.3) is 0 Å². The van der Waals surface area contributed by atoms with Crippen molar-refractivity contribution in [2.75, 3.05) is 20.3 Å². The predicted octanol–water partition coefficient (Wildman–Crippen LogP) is 1.73. The molecule has 0 heterocycles. The molecule has 0 aliphatic heterocycles. The molecule has 0 saturated carbocycles. The highest BCUT2D eigenvalue weighted by molar-refractivity contribution is 6.00. The molecule has 24 heavy (non-hydrogen) atoms. The maximum absolute atomic E-state index is 11.7. The zero-order valence-corrected chi connectivity index (χ0v) is 14.6. The first-order valence-electron chi connectivity index (χ1n) is 7.76. The minimum absolute atomic E-state index is 0.117.